The predicted octanol–water partition coefficient (Wildman–Crippen LogP) is 5.15. The van der Waals surface area contributed by atoms with Gasteiger partial charge in [-0.3, -0.25) is 14.4 Å². The van der Waals surface area contributed by atoms with E-state index in [0.717, 1.165) is 4.47 Å². The van der Waals surface area contributed by atoms with E-state index in [2.05, 4.69) is 21.2 Å². The predicted molar refractivity (Wildman–Crippen MR) is 135 cm³/mol. The van der Waals surface area contributed by atoms with E-state index in [1.165, 1.54) is 19.1 Å². The summed E-state index contributed by atoms with van der Waals surface area (Å²) >= 11 is 3.40. The summed E-state index contributed by atoms with van der Waals surface area (Å²) < 4.78 is 14.9. The van der Waals surface area contributed by atoms with Gasteiger partial charge >= 0.3 is 0 Å². The average molecular weight is 531 g/mol. The molecule has 3 heterocycles. The zero-order chi connectivity index (χ0) is 24.5. The van der Waals surface area contributed by atoms with E-state index in [4.69, 9.17) is 0 Å². The maximum Gasteiger partial charge on any atom is 0.238 e. The number of rotatable bonds is 3. The number of nitrogens with zero attached hydrogens (tertiary/aromatic N) is 1. The first kappa shape index (κ1) is 21.9. The number of carbonyl (C=O) groups is 3. The summed E-state index contributed by atoms with van der Waals surface area (Å²) in [7, 11) is 0. The van der Waals surface area contributed by atoms with Crippen molar-refractivity contribution in [1.29, 1.82) is 0 Å². The first-order valence-corrected chi connectivity index (χ1v) is 12.1. The average Bonchev–Trinajstić information content (AvgIpc) is 3.32. The molecule has 6 rings (SSSR count). The summed E-state index contributed by atoms with van der Waals surface area (Å²) in [5.74, 6) is -2.22. The SMILES string of the molecule is CC(=O)C1C(C(=O)c2ccc(Br)cc2)C2(C(=O)Nc3ccccc32)C2C=Cc3cc(F)ccc3N12. The van der Waals surface area contributed by atoms with Crippen molar-refractivity contribution in [2.75, 3.05) is 10.2 Å². The summed E-state index contributed by atoms with van der Waals surface area (Å²) in [6.45, 7) is 1.45. The highest BCUT2D eigenvalue weighted by Crippen LogP contribution is 2.57. The third kappa shape index (κ3) is 2.94. The van der Waals surface area contributed by atoms with Crippen LogP contribution in [0.2, 0.25) is 0 Å². The number of hydrogen-bond donors (Lipinski definition) is 1. The van der Waals surface area contributed by atoms with Crippen molar-refractivity contribution in [1.82, 2.24) is 0 Å². The van der Waals surface area contributed by atoms with Crippen LogP contribution in [0.3, 0.4) is 0 Å². The van der Waals surface area contributed by atoms with Gasteiger partial charge in [0.2, 0.25) is 5.91 Å². The lowest BCUT2D eigenvalue weighted by atomic mass is 9.64. The number of para-hydroxylation sites is 1. The quantitative estimate of drug-likeness (QED) is 0.475. The Hall–Kier alpha value is -3.58. The van der Waals surface area contributed by atoms with Crippen LogP contribution >= 0.6 is 15.9 Å². The van der Waals surface area contributed by atoms with E-state index in [0.29, 0.717) is 28.1 Å². The van der Waals surface area contributed by atoms with Crippen molar-refractivity contribution in [2.45, 2.75) is 24.4 Å². The largest absolute Gasteiger partial charge is 0.352 e. The van der Waals surface area contributed by atoms with Crippen molar-refractivity contribution in [3.05, 3.63) is 99.8 Å². The molecule has 3 aliphatic heterocycles. The molecule has 1 fully saturated rings. The van der Waals surface area contributed by atoms with Gasteiger partial charge in [-0.2, -0.15) is 0 Å². The molecule has 1 N–H and O–H groups in total. The Balaban J connectivity index is 1.65. The molecule has 0 saturated carbocycles. The highest BCUT2D eigenvalue weighted by atomic mass is 79.9. The number of anilines is 2. The number of Topliss-reactive ketones (excluding diaryl/α,β-unsaturated/α-hetero) is 2. The van der Waals surface area contributed by atoms with Gasteiger partial charge in [0.25, 0.3) is 0 Å². The molecular formula is C28H20BrFN2O3. The van der Waals surface area contributed by atoms with Gasteiger partial charge in [0.05, 0.1) is 18.0 Å². The number of benzene rings is 3. The van der Waals surface area contributed by atoms with Crippen molar-refractivity contribution in [3.8, 4) is 0 Å². The smallest absolute Gasteiger partial charge is 0.238 e. The lowest BCUT2D eigenvalue weighted by Gasteiger charge is -2.37. The highest BCUT2D eigenvalue weighted by Gasteiger charge is 2.69. The first-order valence-electron chi connectivity index (χ1n) is 11.3. The Morgan fingerprint density at radius 2 is 1.80 bits per heavy atom. The summed E-state index contributed by atoms with van der Waals surface area (Å²) in [5.41, 5.74) is 1.64. The van der Waals surface area contributed by atoms with Crippen LogP contribution in [0.15, 0.2) is 77.3 Å². The number of amides is 1. The Labute approximate surface area is 209 Å². The minimum atomic E-state index is -1.33. The van der Waals surface area contributed by atoms with Gasteiger partial charge in [-0.25, -0.2) is 4.39 Å². The second kappa shape index (κ2) is 7.71. The summed E-state index contributed by atoms with van der Waals surface area (Å²) in [6.07, 6.45) is 3.60. The molecule has 4 unspecified atom stereocenters. The van der Waals surface area contributed by atoms with Gasteiger partial charge in [-0.1, -0.05) is 58.4 Å². The molecule has 35 heavy (non-hydrogen) atoms. The molecule has 1 amide bonds. The lowest BCUT2D eigenvalue weighted by molar-refractivity contribution is -0.122. The normalized spacial score (nSPS) is 25.7. The number of halogens is 2. The summed E-state index contributed by atoms with van der Waals surface area (Å²) in [5, 5.41) is 2.97. The van der Waals surface area contributed by atoms with Gasteiger partial charge in [0.15, 0.2) is 11.6 Å². The first-order chi connectivity index (χ1) is 16.8. The number of fused-ring (bicyclic) bond motifs is 6. The van der Waals surface area contributed by atoms with E-state index in [9.17, 15) is 18.8 Å². The van der Waals surface area contributed by atoms with Gasteiger partial charge in [0.1, 0.15) is 11.2 Å². The molecule has 3 aromatic rings. The molecule has 0 aliphatic carbocycles. The second-order valence-corrected chi connectivity index (χ2v) is 10.1. The molecule has 4 atom stereocenters. The Bertz CT molecular complexity index is 1450. The van der Waals surface area contributed by atoms with Crippen molar-refractivity contribution >= 4 is 50.9 Å². The lowest BCUT2D eigenvalue weighted by Crippen LogP contribution is -2.51. The summed E-state index contributed by atoms with van der Waals surface area (Å²) in [6, 6.07) is 17.1. The van der Waals surface area contributed by atoms with E-state index >= 15 is 0 Å². The Kier molecular flexibility index (Phi) is 4.83. The number of carbonyl (C=O) groups excluding carboxylic acids is 3. The Morgan fingerprint density at radius 1 is 1.06 bits per heavy atom. The van der Waals surface area contributed by atoms with E-state index in [1.54, 1.807) is 36.4 Å². The molecule has 0 bridgehead atoms. The molecule has 7 heteroatoms. The maximum atomic E-state index is 14.2. The molecule has 0 aromatic heterocycles. The molecule has 1 saturated heterocycles. The molecule has 3 aromatic carbocycles. The second-order valence-electron chi connectivity index (χ2n) is 9.19. The molecule has 1 spiro atoms. The summed E-state index contributed by atoms with van der Waals surface area (Å²) in [4.78, 5) is 43.3. The zero-order valence-electron chi connectivity index (χ0n) is 18.7. The Morgan fingerprint density at radius 3 is 2.54 bits per heavy atom. The van der Waals surface area contributed by atoms with Crippen LogP contribution in [0, 0.1) is 11.7 Å². The fourth-order valence-corrected chi connectivity index (χ4v) is 6.36. The number of ketones is 2. The van der Waals surface area contributed by atoms with Crippen LogP contribution in [0.1, 0.15) is 28.4 Å². The van der Waals surface area contributed by atoms with Crippen LogP contribution in [-0.4, -0.2) is 29.6 Å². The zero-order valence-corrected chi connectivity index (χ0v) is 20.3. The maximum absolute atomic E-state index is 14.2. The van der Waals surface area contributed by atoms with E-state index in [-0.39, 0.29) is 17.5 Å². The third-order valence-corrected chi connectivity index (χ3v) is 7.95. The van der Waals surface area contributed by atoms with Gasteiger partial charge in [0, 0.05) is 27.0 Å². The van der Waals surface area contributed by atoms with Gasteiger partial charge in [-0.05, 0) is 48.9 Å². The van der Waals surface area contributed by atoms with Crippen molar-refractivity contribution < 1.29 is 18.8 Å². The highest BCUT2D eigenvalue weighted by molar-refractivity contribution is 9.10. The van der Waals surface area contributed by atoms with Crippen LogP contribution in [-0.2, 0) is 15.0 Å². The van der Waals surface area contributed by atoms with Crippen molar-refractivity contribution in [3.63, 3.8) is 0 Å². The van der Waals surface area contributed by atoms with Gasteiger partial charge in [-0.15, -0.1) is 0 Å². The minimum absolute atomic E-state index is 0.231. The minimum Gasteiger partial charge on any atom is -0.352 e. The monoisotopic (exact) mass is 530 g/mol. The fourth-order valence-electron chi connectivity index (χ4n) is 6.10. The van der Waals surface area contributed by atoms with Crippen LogP contribution < -0.4 is 10.2 Å². The molecular weight excluding hydrogens is 511 g/mol. The molecule has 174 valence electrons. The number of nitrogens with one attached hydrogen (secondary N) is 1. The standard InChI is InChI=1S/C28H20BrFN2O3/c1-15(33)25-24(26(34)16-6-9-18(29)10-7-16)28(20-4-2-3-5-21(20)31-27(28)35)23-13-8-17-14-19(30)11-12-22(17)32(23)25/h2-14,23-25H,1H3,(H,31,35). The third-order valence-electron chi connectivity index (χ3n) is 7.42. The van der Waals surface area contributed by atoms with E-state index in [1.807, 2.05) is 35.2 Å². The molecule has 0 radical (unpaired) electrons. The van der Waals surface area contributed by atoms with Crippen LogP contribution in [0.4, 0.5) is 15.8 Å². The van der Waals surface area contributed by atoms with Crippen LogP contribution in [0.25, 0.3) is 6.08 Å². The van der Waals surface area contributed by atoms with Crippen molar-refractivity contribution in [2.24, 2.45) is 5.92 Å². The molecule has 5 nitrogen and oxygen atoms in total. The topological polar surface area (TPSA) is 66.5 Å². The number of hydrogen-bond acceptors (Lipinski definition) is 4. The van der Waals surface area contributed by atoms with Gasteiger partial charge < -0.3 is 10.2 Å². The molecule has 3 aliphatic rings. The fraction of sp³-hybridized carbons (Fsp3) is 0.179. The van der Waals surface area contributed by atoms with Crippen LogP contribution in [0.5, 0.6) is 0 Å². The van der Waals surface area contributed by atoms with E-state index < -0.39 is 29.2 Å².